The first-order valence-corrected chi connectivity index (χ1v) is 4.81. The lowest BCUT2D eigenvalue weighted by atomic mass is 9.87. The lowest BCUT2D eigenvalue weighted by Crippen LogP contribution is -2.00. The third-order valence-corrected chi connectivity index (χ3v) is 2.65. The highest BCUT2D eigenvalue weighted by Crippen LogP contribution is 2.33. The zero-order chi connectivity index (χ0) is 9.10. The van der Waals surface area contributed by atoms with Crippen molar-refractivity contribution in [3.05, 3.63) is 42.0 Å². The van der Waals surface area contributed by atoms with Crippen LogP contribution in [0.1, 0.15) is 30.7 Å². The number of phenols is 1. The minimum Gasteiger partial charge on any atom is -0.508 e. The van der Waals surface area contributed by atoms with Gasteiger partial charge in [-0.3, -0.25) is 0 Å². The molecule has 0 aromatic heterocycles. The van der Waals surface area contributed by atoms with Gasteiger partial charge in [-0.2, -0.15) is 0 Å². The highest BCUT2D eigenvalue weighted by molar-refractivity contribution is 5.35. The Hall–Kier alpha value is -1.24. The molecule has 0 fully saturated rings. The maximum absolute atomic E-state index is 9.64. The van der Waals surface area contributed by atoms with E-state index in [-0.39, 0.29) is 0 Å². The molecule has 1 unspecified atom stereocenters. The first-order chi connectivity index (χ1) is 6.38. The molecule has 0 heterocycles. The summed E-state index contributed by atoms with van der Waals surface area (Å²) in [6, 6.07) is 7.66. The van der Waals surface area contributed by atoms with Crippen LogP contribution in [0.4, 0.5) is 0 Å². The molecule has 0 saturated carbocycles. The lowest BCUT2D eigenvalue weighted by molar-refractivity contribution is 0.456. The summed E-state index contributed by atoms with van der Waals surface area (Å²) < 4.78 is 0. The molecule has 1 aromatic carbocycles. The molecule has 2 rings (SSSR count). The van der Waals surface area contributed by atoms with Gasteiger partial charge in [-0.25, -0.2) is 0 Å². The molecule has 0 spiro atoms. The van der Waals surface area contributed by atoms with Gasteiger partial charge in [0.05, 0.1) is 0 Å². The van der Waals surface area contributed by atoms with Crippen molar-refractivity contribution in [1.82, 2.24) is 0 Å². The topological polar surface area (TPSA) is 20.2 Å². The van der Waals surface area contributed by atoms with E-state index in [0.717, 1.165) is 24.8 Å². The standard InChI is InChI=1S/C12H14O/c13-12-9-5-4-8-11(12)10-6-2-1-3-7-10/h1-2,4-5,8-10,13H,3,6-7H2. The fourth-order valence-corrected chi connectivity index (χ4v) is 1.91. The van der Waals surface area contributed by atoms with E-state index < -0.39 is 0 Å². The van der Waals surface area contributed by atoms with Crippen molar-refractivity contribution in [3.8, 4) is 5.75 Å². The highest BCUT2D eigenvalue weighted by Gasteiger charge is 2.14. The van der Waals surface area contributed by atoms with E-state index in [1.807, 2.05) is 18.2 Å². The fourth-order valence-electron chi connectivity index (χ4n) is 1.91. The number of hydrogen-bond donors (Lipinski definition) is 1. The van der Waals surface area contributed by atoms with Crippen LogP contribution in [0, 0.1) is 0 Å². The molecule has 0 bridgehead atoms. The lowest BCUT2D eigenvalue weighted by Gasteiger charge is -2.18. The first kappa shape index (κ1) is 8.36. The third-order valence-electron chi connectivity index (χ3n) is 2.65. The molecule has 0 aliphatic heterocycles. The number of allylic oxidation sites excluding steroid dienone is 2. The van der Waals surface area contributed by atoms with Crippen LogP contribution in [0.3, 0.4) is 0 Å². The van der Waals surface area contributed by atoms with Crippen LogP contribution in [0.15, 0.2) is 36.4 Å². The molecular formula is C12H14O. The molecule has 1 heteroatoms. The molecule has 1 aliphatic carbocycles. The number of rotatable bonds is 1. The van der Waals surface area contributed by atoms with Gasteiger partial charge in [0.2, 0.25) is 0 Å². The summed E-state index contributed by atoms with van der Waals surface area (Å²) in [7, 11) is 0. The molecule has 1 atom stereocenters. The quantitative estimate of drug-likeness (QED) is 0.648. The highest BCUT2D eigenvalue weighted by atomic mass is 16.3. The van der Waals surface area contributed by atoms with Crippen LogP contribution in [0.25, 0.3) is 0 Å². The van der Waals surface area contributed by atoms with Gasteiger partial charge in [-0.05, 0) is 36.8 Å². The maximum atomic E-state index is 9.64. The molecule has 1 N–H and O–H groups in total. The molecule has 13 heavy (non-hydrogen) atoms. The molecule has 0 amide bonds. The Morgan fingerprint density at radius 2 is 2.00 bits per heavy atom. The van der Waals surface area contributed by atoms with E-state index in [9.17, 15) is 5.11 Å². The number of aromatic hydroxyl groups is 1. The Bertz CT molecular complexity index is 315. The van der Waals surface area contributed by atoms with Crippen LogP contribution in [0.2, 0.25) is 0 Å². The third kappa shape index (κ3) is 1.74. The Balaban J connectivity index is 2.24. The van der Waals surface area contributed by atoms with Crippen molar-refractivity contribution in [3.63, 3.8) is 0 Å². The van der Waals surface area contributed by atoms with Gasteiger partial charge in [0.25, 0.3) is 0 Å². The smallest absolute Gasteiger partial charge is 0.119 e. The fraction of sp³-hybridized carbons (Fsp3) is 0.333. The second-order valence-corrected chi connectivity index (χ2v) is 3.54. The average molecular weight is 174 g/mol. The molecular weight excluding hydrogens is 160 g/mol. The summed E-state index contributed by atoms with van der Waals surface area (Å²) in [6.07, 6.45) is 7.79. The van der Waals surface area contributed by atoms with Crippen molar-refractivity contribution in [2.24, 2.45) is 0 Å². The number of phenolic OH excluding ortho intramolecular Hbond substituents is 1. The van der Waals surface area contributed by atoms with Crippen LogP contribution < -0.4 is 0 Å². The molecule has 68 valence electrons. The maximum Gasteiger partial charge on any atom is 0.119 e. The van der Waals surface area contributed by atoms with Gasteiger partial charge >= 0.3 is 0 Å². The van der Waals surface area contributed by atoms with Crippen LogP contribution >= 0.6 is 0 Å². The van der Waals surface area contributed by atoms with E-state index in [1.54, 1.807) is 6.07 Å². The zero-order valence-corrected chi connectivity index (χ0v) is 7.61. The second-order valence-electron chi connectivity index (χ2n) is 3.54. The average Bonchev–Trinajstić information content (AvgIpc) is 2.20. The molecule has 0 saturated heterocycles. The van der Waals surface area contributed by atoms with Crippen molar-refractivity contribution in [2.45, 2.75) is 25.2 Å². The number of benzene rings is 1. The summed E-state index contributed by atoms with van der Waals surface area (Å²) in [5.74, 6) is 0.967. The van der Waals surface area contributed by atoms with Crippen molar-refractivity contribution < 1.29 is 5.11 Å². The predicted octanol–water partition coefficient (Wildman–Crippen LogP) is 3.22. The Kier molecular flexibility index (Phi) is 2.35. The van der Waals surface area contributed by atoms with E-state index in [2.05, 4.69) is 12.2 Å². The molecule has 0 radical (unpaired) electrons. The summed E-state index contributed by atoms with van der Waals surface area (Å²) >= 11 is 0. The van der Waals surface area contributed by atoms with Crippen molar-refractivity contribution >= 4 is 0 Å². The van der Waals surface area contributed by atoms with Gasteiger partial charge in [0.15, 0.2) is 0 Å². The molecule has 1 nitrogen and oxygen atoms in total. The van der Waals surface area contributed by atoms with Gasteiger partial charge in [0.1, 0.15) is 5.75 Å². The Labute approximate surface area is 78.7 Å². The predicted molar refractivity (Wildman–Crippen MR) is 53.8 cm³/mol. The summed E-state index contributed by atoms with van der Waals surface area (Å²) in [5.41, 5.74) is 1.10. The Morgan fingerprint density at radius 1 is 1.15 bits per heavy atom. The Morgan fingerprint density at radius 3 is 2.69 bits per heavy atom. The van der Waals surface area contributed by atoms with Gasteiger partial charge in [-0.1, -0.05) is 30.4 Å². The van der Waals surface area contributed by atoms with Crippen molar-refractivity contribution in [2.75, 3.05) is 0 Å². The second kappa shape index (κ2) is 3.65. The minimum absolute atomic E-state index is 0.447. The van der Waals surface area contributed by atoms with Gasteiger partial charge < -0.3 is 5.11 Å². The summed E-state index contributed by atoms with van der Waals surface area (Å²) in [5, 5.41) is 9.64. The van der Waals surface area contributed by atoms with Gasteiger partial charge in [0, 0.05) is 0 Å². The van der Waals surface area contributed by atoms with Crippen LogP contribution in [-0.2, 0) is 0 Å². The number of hydrogen-bond acceptors (Lipinski definition) is 1. The van der Waals surface area contributed by atoms with Gasteiger partial charge in [-0.15, -0.1) is 0 Å². The summed E-state index contributed by atoms with van der Waals surface area (Å²) in [6.45, 7) is 0. The van der Waals surface area contributed by atoms with Crippen LogP contribution in [0.5, 0.6) is 5.75 Å². The monoisotopic (exact) mass is 174 g/mol. The minimum atomic E-state index is 0.447. The first-order valence-electron chi connectivity index (χ1n) is 4.81. The van der Waals surface area contributed by atoms with E-state index in [0.29, 0.717) is 11.7 Å². The largest absolute Gasteiger partial charge is 0.508 e. The summed E-state index contributed by atoms with van der Waals surface area (Å²) in [4.78, 5) is 0. The molecule has 1 aliphatic rings. The van der Waals surface area contributed by atoms with E-state index in [1.165, 1.54) is 0 Å². The SMILES string of the molecule is Oc1ccccc1C1CC=CCC1. The number of para-hydroxylation sites is 1. The van der Waals surface area contributed by atoms with E-state index in [4.69, 9.17) is 0 Å². The zero-order valence-electron chi connectivity index (χ0n) is 7.61. The van der Waals surface area contributed by atoms with Crippen molar-refractivity contribution in [1.29, 1.82) is 0 Å². The normalized spacial score (nSPS) is 21.7. The van der Waals surface area contributed by atoms with Crippen LogP contribution in [-0.4, -0.2) is 5.11 Å². The van der Waals surface area contributed by atoms with E-state index >= 15 is 0 Å². The molecule has 1 aromatic rings.